The van der Waals surface area contributed by atoms with Crippen molar-refractivity contribution in [1.82, 2.24) is 10.3 Å². The van der Waals surface area contributed by atoms with Gasteiger partial charge in [-0.15, -0.1) is 11.3 Å². The number of anilines is 1. The zero-order valence-corrected chi connectivity index (χ0v) is 12.1. The van der Waals surface area contributed by atoms with Gasteiger partial charge in [0.05, 0.1) is 5.69 Å². The molecule has 1 atom stereocenters. The molecule has 96 valence electrons. The summed E-state index contributed by atoms with van der Waals surface area (Å²) >= 11 is 1.83. The molecule has 0 radical (unpaired) electrons. The van der Waals surface area contributed by atoms with E-state index in [-0.39, 0.29) is 0 Å². The second-order valence-electron chi connectivity index (χ2n) is 4.97. The van der Waals surface area contributed by atoms with Crippen molar-refractivity contribution in [2.75, 3.05) is 18.5 Å². The fraction of sp³-hybridized carbons (Fsp3) is 0.769. The molecule has 0 bridgehead atoms. The highest BCUT2D eigenvalue weighted by Gasteiger charge is 2.31. The summed E-state index contributed by atoms with van der Waals surface area (Å²) in [4.78, 5) is 8.42. The Hall–Kier alpha value is -0.610. The lowest BCUT2D eigenvalue weighted by Crippen LogP contribution is -2.30. The van der Waals surface area contributed by atoms with Gasteiger partial charge >= 0.3 is 0 Å². The van der Waals surface area contributed by atoms with E-state index in [1.54, 1.807) is 0 Å². The van der Waals surface area contributed by atoms with E-state index in [1.807, 2.05) is 11.3 Å². The van der Waals surface area contributed by atoms with Gasteiger partial charge < -0.3 is 10.2 Å². The van der Waals surface area contributed by atoms with Crippen molar-refractivity contribution in [2.24, 2.45) is 5.92 Å². The van der Waals surface area contributed by atoms with E-state index in [2.05, 4.69) is 38.0 Å². The normalized spacial score (nSPS) is 17.2. The summed E-state index contributed by atoms with van der Waals surface area (Å²) in [5, 5.41) is 4.55. The Bertz CT molecular complexity index is 371. The average Bonchev–Trinajstić information content (AvgIpc) is 3.09. The van der Waals surface area contributed by atoms with Crippen molar-refractivity contribution in [3.63, 3.8) is 0 Å². The maximum absolute atomic E-state index is 4.70. The summed E-state index contributed by atoms with van der Waals surface area (Å²) in [5.74, 6) is 0.890. The standard InChI is InChI=1S/C13H23N3S/c1-5-14-8-12-9(2)15-13(17-12)16(4)10(3)11-6-7-11/h10-11,14H,5-8H2,1-4H3. The molecule has 0 amide bonds. The Kier molecular flexibility index (Phi) is 4.05. The van der Waals surface area contributed by atoms with E-state index < -0.39 is 0 Å². The zero-order valence-electron chi connectivity index (χ0n) is 11.3. The number of rotatable bonds is 6. The lowest BCUT2D eigenvalue weighted by molar-refractivity contribution is 0.608. The molecule has 1 unspecified atom stereocenters. The lowest BCUT2D eigenvalue weighted by atomic mass is 10.2. The monoisotopic (exact) mass is 253 g/mol. The molecule has 0 aromatic carbocycles. The van der Waals surface area contributed by atoms with Crippen LogP contribution in [0.25, 0.3) is 0 Å². The molecular weight excluding hydrogens is 230 g/mol. The minimum Gasteiger partial charge on any atom is -0.348 e. The third-order valence-electron chi connectivity index (χ3n) is 3.63. The van der Waals surface area contributed by atoms with Crippen molar-refractivity contribution < 1.29 is 0 Å². The van der Waals surface area contributed by atoms with Crippen molar-refractivity contribution in [3.8, 4) is 0 Å². The highest BCUT2D eigenvalue weighted by molar-refractivity contribution is 7.15. The molecule has 1 aliphatic rings. The second-order valence-corrected chi connectivity index (χ2v) is 6.04. The quantitative estimate of drug-likeness (QED) is 0.845. The van der Waals surface area contributed by atoms with Crippen LogP contribution >= 0.6 is 11.3 Å². The van der Waals surface area contributed by atoms with Gasteiger partial charge in [0.15, 0.2) is 5.13 Å². The predicted molar refractivity (Wildman–Crippen MR) is 74.8 cm³/mol. The second kappa shape index (κ2) is 5.36. The Balaban J connectivity index is 2.04. The molecule has 1 aromatic rings. The van der Waals surface area contributed by atoms with E-state index in [0.29, 0.717) is 6.04 Å². The van der Waals surface area contributed by atoms with Crippen LogP contribution in [-0.4, -0.2) is 24.6 Å². The summed E-state index contributed by atoms with van der Waals surface area (Å²) in [7, 11) is 2.18. The van der Waals surface area contributed by atoms with E-state index in [0.717, 1.165) is 19.0 Å². The van der Waals surface area contributed by atoms with Gasteiger partial charge in [0, 0.05) is 24.5 Å². The molecule has 3 nitrogen and oxygen atoms in total. The fourth-order valence-corrected chi connectivity index (χ4v) is 3.12. The van der Waals surface area contributed by atoms with E-state index in [1.165, 1.54) is 28.5 Å². The first kappa shape index (κ1) is 12.8. The van der Waals surface area contributed by atoms with Crippen LogP contribution < -0.4 is 10.2 Å². The number of thiazole rings is 1. The van der Waals surface area contributed by atoms with Crippen molar-refractivity contribution in [2.45, 2.75) is 46.2 Å². The van der Waals surface area contributed by atoms with Gasteiger partial charge in [0.2, 0.25) is 0 Å². The number of aromatic nitrogens is 1. The zero-order chi connectivity index (χ0) is 12.4. The molecule has 1 N–H and O–H groups in total. The first-order chi connectivity index (χ1) is 8.13. The highest BCUT2D eigenvalue weighted by atomic mass is 32.1. The van der Waals surface area contributed by atoms with Crippen LogP contribution in [0, 0.1) is 12.8 Å². The van der Waals surface area contributed by atoms with Crippen LogP contribution in [-0.2, 0) is 6.54 Å². The van der Waals surface area contributed by atoms with Gasteiger partial charge in [0.1, 0.15) is 0 Å². The van der Waals surface area contributed by atoms with Gasteiger partial charge in [-0.2, -0.15) is 0 Å². The Labute approximate surface area is 108 Å². The largest absolute Gasteiger partial charge is 0.348 e. The molecule has 1 aliphatic carbocycles. The van der Waals surface area contributed by atoms with Crippen LogP contribution in [0.3, 0.4) is 0 Å². The molecule has 1 saturated carbocycles. The van der Waals surface area contributed by atoms with Gasteiger partial charge in [0.25, 0.3) is 0 Å². The number of hydrogen-bond donors (Lipinski definition) is 1. The summed E-state index contributed by atoms with van der Waals surface area (Å²) in [6.45, 7) is 8.53. The van der Waals surface area contributed by atoms with E-state index in [9.17, 15) is 0 Å². The van der Waals surface area contributed by atoms with Crippen molar-refractivity contribution in [3.05, 3.63) is 10.6 Å². The van der Waals surface area contributed by atoms with Crippen LogP contribution in [0.5, 0.6) is 0 Å². The topological polar surface area (TPSA) is 28.2 Å². The summed E-state index contributed by atoms with van der Waals surface area (Å²) < 4.78 is 0. The first-order valence-corrected chi connectivity index (χ1v) is 7.35. The predicted octanol–water partition coefficient (Wildman–Crippen LogP) is 2.80. The Morgan fingerprint density at radius 1 is 1.53 bits per heavy atom. The molecule has 0 aliphatic heterocycles. The molecule has 2 rings (SSSR count). The lowest BCUT2D eigenvalue weighted by Gasteiger charge is -2.23. The van der Waals surface area contributed by atoms with Crippen molar-refractivity contribution >= 4 is 16.5 Å². The Morgan fingerprint density at radius 2 is 2.24 bits per heavy atom. The molecule has 17 heavy (non-hydrogen) atoms. The molecule has 4 heteroatoms. The highest BCUT2D eigenvalue weighted by Crippen LogP contribution is 2.37. The molecule has 1 aromatic heterocycles. The van der Waals surface area contributed by atoms with Crippen LogP contribution in [0.2, 0.25) is 0 Å². The first-order valence-electron chi connectivity index (χ1n) is 6.53. The summed E-state index contributed by atoms with van der Waals surface area (Å²) in [5.41, 5.74) is 1.18. The molecular formula is C13H23N3S. The van der Waals surface area contributed by atoms with Gasteiger partial charge in [-0.1, -0.05) is 6.92 Å². The summed E-state index contributed by atoms with van der Waals surface area (Å²) in [6, 6.07) is 0.632. The molecule has 1 fully saturated rings. The van der Waals surface area contributed by atoms with E-state index in [4.69, 9.17) is 4.98 Å². The number of nitrogens with one attached hydrogen (secondary N) is 1. The third kappa shape index (κ3) is 2.99. The van der Waals surface area contributed by atoms with Crippen molar-refractivity contribution in [1.29, 1.82) is 0 Å². The minimum atomic E-state index is 0.632. The SMILES string of the molecule is CCNCc1sc(N(C)C(C)C2CC2)nc1C. The number of hydrogen-bond acceptors (Lipinski definition) is 4. The van der Waals surface area contributed by atoms with Gasteiger partial charge in [-0.05, 0) is 39.2 Å². The molecule has 1 heterocycles. The maximum Gasteiger partial charge on any atom is 0.185 e. The average molecular weight is 253 g/mol. The number of nitrogens with zero attached hydrogens (tertiary/aromatic N) is 2. The smallest absolute Gasteiger partial charge is 0.185 e. The van der Waals surface area contributed by atoms with Crippen LogP contribution in [0.1, 0.15) is 37.3 Å². The van der Waals surface area contributed by atoms with Crippen LogP contribution in [0.15, 0.2) is 0 Å². The molecule has 0 saturated heterocycles. The third-order valence-corrected chi connectivity index (χ3v) is 4.88. The van der Waals surface area contributed by atoms with Gasteiger partial charge in [-0.25, -0.2) is 4.98 Å². The fourth-order valence-electron chi connectivity index (χ4n) is 2.04. The minimum absolute atomic E-state index is 0.632. The van der Waals surface area contributed by atoms with E-state index >= 15 is 0 Å². The summed E-state index contributed by atoms with van der Waals surface area (Å²) in [6.07, 6.45) is 2.78. The van der Waals surface area contributed by atoms with Crippen LogP contribution in [0.4, 0.5) is 5.13 Å². The Morgan fingerprint density at radius 3 is 2.82 bits per heavy atom. The van der Waals surface area contributed by atoms with Gasteiger partial charge in [-0.3, -0.25) is 0 Å². The maximum atomic E-state index is 4.70. The molecule has 0 spiro atoms. The number of aryl methyl sites for hydroxylation is 1.